The Hall–Kier alpha value is -0.430. The summed E-state index contributed by atoms with van der Waals surface area (Å²) in [6.45, 7) is 6.12. The van der Waals surface area contributed by atoms with Crippen LogP contribution in [-0.4, -0.2) is 24.8 Å². The van der Waals surface area contributed by atoms with Crippen molar-refractivity contribution in [1.29, 1.82) is 0 Å². The van der Waals surface area contributed by atoms with E-state index in [1.807, 2.05) is 26.2 Å². The molecule has 1 aromatic rings. The molecule has 2 N–H and O–H groups in total. The molecule has 108 valence electrons. The van der Waals surface area contributed by atoms with Crippen molar-refractivity contribution in [2.24, 2.45) is 5.73 Å². The standard InChI is InChI=1S/C13H22N2O2S2/c1-9-8-18-12(7-14)13(9)19(16,17)15-10(2)5-4-6-11(15)3/h8,10-11H,4-7,14H2,1-3H3/t10-,11+. The molecule has 1 aliphatic rings. The molecule has 0 amide bonds. The number of sulfonamides is 1. The van der Waals surface area contributed by atoms with E-state index in [9.17, 15) is 8.42 Å². The summed E-state index contributed by atoms with van der Waals surface area (Å²) in [7, 11) is -3.43. The molecule has 2 heterocycles. The lowest BCUT2D eigenvalue weighted by Crippen LogP contribution is -2.47. The van der Waals surface area contributed by atoms with E-state index in [4.69, 9.17) is 5.73 Å². The third-order valence-corrected chi connectivity index (χ3v) is 7.44. The number of nitrogens with two attached hydrogens (primary N) is 1. The van der Waals surface area contributed by atoms with Gasteiger partial charge in [0.25, 0.3) is 0 Å². The molecule has 0 aliphatic carbocycles. The Morgan fingerprint density at radius 1 is 1.37 bits per heavy atom. The van der Waals surface area contributed by atoms with Crippen molar-refractivity contribution < 1.29 is 8.42 Å². The van der Waals surface area contributed by atoms with Crippen LogP contribution in [0.15, 0.2) is 10.3 Å². The largest absolute Gasteiger partial charge is 0.326 e. The average Bonchev–Trinajstić information content (AvgIpc) is 2.70. The Kier molecular flexibility index (Phi) is 4.35. The van der Waals surface area contributed by atoms with E-state index in [0.717, 1.165) is 29.7 Å². The van der Waals surface area contributed by atoms with Crippen LogP contribution in [0.25, 0.3) is 0 Å². The van der Waals surface area contributed by atoms with Gasteiger partial charge < -0.3 is 5.73 Å². The van der Waals surface area contributed by atoms with Crippen LogP contribution in [0.1, 0.15) is 43.6 Å². The van der Waals surface area contributed by atoms with Gasteiger partial charge in [0.1, 0.15) is 4.90 Å². The van der Waals surface area contributed by atoms with E-state index in [1.54, 1.807) is 4.31 Å². The van der Waals surface area contributed by atoms with Gasteiger partial charge in [-0.1, -0.05) is 6.42 Å². The third kappa shape index (κ3) is 2.59. The van der Waals surface area contributed by atoms with E-state index in [1.165, 1.54) is 11.3 Å². The molecular formula is C13H22N2O2S2. The van der Waals surface area contributed by atoms with Gasteiger partial charge in [0.15, 0.2) is 0 Å². The molecule has 0 radical (unpaired) electrons. The van der Waals surface area contributed by atoms with Crippen molar-refractivity contribution in [2.75, 3.05) is 0 Å². The number of nitrogens with zero attached hydrogens (tertiary/aromatic N) is 1. The lowest BCUT2D eigenvalue weighted by atomic mass is 10.0. The first-order valence-corrected chi connectivity index (χ1v) is 9.02. The Bertz CT molecular complexity index is 541. The maximum absolute atomic E-state index is 12.9. The van der Waals surface area contributed by atoms with Crippen molar-refractivity contribution in [2.45, 2.75) is 63.6 Å². The lowest BCUT2D eigenvalue weighted by molar-refractivity contribution is 0.204. The fourth-order valence-corrected chi connectivity index (χ4v) is 6.49. The van der Waals surface area contributed by atoms with Crippen LogP contribution < -0.4 is 5.73 Å². The van der Waals surface area contributed by atoms with Crippen LogP contribution in [0.2, 0.25) is 0 Å². The molecule has 0 bridgehead atoms. The number of thiophene rings is 1. The first-order valence-electron chi connectivity index (χ1n) is 6.70. The molecule has 19 heavy (non-hydrogen) atoms. The Morgan fingerprint density at radius 3 is 2.47 bits per heavy atom. The number of hydrogen-bond acceptors (Lipinski definition) is 4. The fraction of sp³-hybridized carbons (Fsp3) is 0.692. The molecule has 0 aromatic carbocycles. The maximum Gasteiger partial charge on any atom is 0.244 e. The first kappa shape index (κ1) is 15.0. The third-order valence-electron chi connectivity index (χ3n) is 3.82. The predicted molar refractivity (Wildman–Crippen MR) is 78.7 cm³/mol. The highest BCUT2D eigenvalue weighted by Gasteiger charge is 2.37. The molecule has 1 saturated heterocycles. The summed E-state index contributed by atoms with van der Waals surface area (Å²) < 4.78 is 27.6. The number of piperidine rings is 1. The highest BCUT2D eigenvalue weighted by atomic mass is 32.2. The fourth-order valence-electron chi connectivity index (χ4n) is 2.95. The van der Waals surface area contributed by atoms with Crippen molar-refractivity contribution in [1.82, 2.24) is 4.31 Å². The summed E-state index contributed by atoms with van der Waals surface area (Å²) in [6.07, 6.45) is 2.97. The summed E-state index contributed by atoms with van der Waals surface area (Å²) in [5.74, 6) is 0. The van der Waals surface area contributed by atoms with Gasteiger partial charge in [0, 0.05) is 23.5 Å². The van der Waals surface area contributed by atoms with Crippen molar-refractivity contribution in [3.05, 3.63) is 15.8 Å². The SMILES string of the molecule is Cc1csc(CN)c1S(=O)(=O)N1[C@H](C)CCC[C@@H]1C. The molecular weight excluding hydrogens is 280 g/mol. The Labute approximate surface area is 119 Å². The van der Waals surface area contributed by atoms with E-state index in [-0.39, 0.29) is 18.6 Å². The monoisotopic (exact) mass is 302 g/mol. The minimum absolute atomic E-state index is 0.0682. The van der Waals surface area contributed by atoms with Gasteiger partial charge >= 0.3 is 0 Å². The molecule has 1 aromatic heterocycles. The minimum Gasteiger partial charge on any atom is -0.326 e. The van der Waals surface area contributed by atoms with Crippen LogP contribution >= 0.6 is 11.3 Å². The summed E-state index contributed by atoms with van der Waals surface area (Å²) >= 11 is 1.44. The second-order valence-electron chi connectivity index (χ2n) is 5.34. The molecule has 1 fully saturated rings. The van der Waals surface area contributed by atoms with Gasteiger partial charge in [0.2, 0.25) is 10.0 Å². The zero-order chi connectivity index (χ0) is 14.2. The normalized spacial score (nSPS) is 25.7. The van der Waals surface area contributed by atoms with Crippen molar-refractivity contribution in [3.63, 3.8) is 0 Å². The smallest absolute Gasteiger partial charge is 0.244 e. The van der Waals surface area contributed by atoms with Gasteiger partial charge in [0.05, 0.1) is 0 Å². The van der Waals surface area contributed by atoms with Gasteiger partial charge in [-0.25, -0.2) is 8.42 Å². The Balaban J connectivity index is 2.49. The van der Waals surface area contributed by atoms with Gasteiger partial charge in [-0.3, -0.25) is 0 Å². The lowest BCUT2D eigenvalue weighted by Gasteiger charge is -2.37. The summed E-state index contributed by atoms with van der Waals surface area (Å²) in [6, 6.07) is 0.136. The highest BCUT2D eigenvalue weighted by molar-refractivity contribution is 7.89. The van der Waals surface area contributed by atoms with E-state index >= 15 is 0 Å². The molecule has 2 rings (SSSR count). The maximum atomic E-state index is 12.9. The van der Waals surface area contributed by atoms with Gasteiger partial charge in [-0.05, 0) is 44.6 Å². The van der Waals surface area contributed by atoms with E-state index in [2.05, 4.69) is 0 Å². The zero-order valence-electron chi connectivity index (χ0n) is 11.7. The second kappa shape index (κ2) is 5.52. The highest BCUT2D eigenvalue weighted by Crippen LogP contribution is 2.34. The van der Waals surface area contributed by atoms with E-state index < -0.39 is 10.0 Å². The number of aryl methyl sites for hydroxylation is 1. The van der Waals surface area contributed by atoms with E-state index in [0.29, 0.717) is 4.90 Å². The van der Waals surface area contributed by atoms with Crippen LogP contribution in [-0.2, 0) is 16.6 Å². The quantitative estimate of drug-likeness (QED) is 0.933. The van der Waals surface area contributed by atoms with Crippen LogP contribution in [0.3, 0.4) is 0 Å². The van der Waals surface area contributed by atoms with Crippen LogP contribution in [0, 0.1) is 6.92 Å². The number of hydrogen-bond donors (Lipinski definition) is 1. The average molecular weight is 302 g/mol. The molecule has 4 nitrogen and oxygen atoms in total. The molecule has 2 atom stereocenters. The first-order chi connectivity index (χ1) is 8.89. The molecule has 0 unspecified atom stereocenters. The minimum atomic E-state index is -3.43. The van der Waals surface area contributed by atoms with Crippen molar-refractivity contribution in [3.8, 4) is 0 Å². The molecule has 1 aliphatic heterocycles. The molecule has 0 spiro atoms. The molecule has 0 saturated carbocycles. The van der Waals surface area contributed by atoms with Crippen LogP contribution in [0.4, 0.5) is 0 Å². The van der Waals surface area contributed by atoms with Gasteiger partial charge in [-0.15, -0.1) is 11.3 Å². The summed E-state index contributed by atoms with van der Waals surface area (Å²) in [5, 5.41) is 1.88. The number of rotatable bonds is 3. The topological polar surface area (TPSA) is 63.4 Å². The zero-order valence-corrected chi connectivity index (χ0v) is 13.4. The second-order valence-corrected chi connectivity index (χ2v) is 8.08. The van der Waals surface area contributed by atoms with Gasteiger partial charge in [-0.2, -0.15) is 4.31 Å². The Morgan fingerprint density at radius 2 is 1.95 bits per heavy atom. The summed E-state index contributed by atoms with van der Waals surface area (Å²) in [5.41, 5.74) is 6.50. The van der Waals surface area contributed by atoms with Crippen LogP contribution in [0.5, 0.6) is 0 Å². The summed E-state index contributed by atoms with van der Waals surface area (Å²) in [4.78, 5) is 1.21. The molecule has 6 heteroatoms. The predicted octanol–water partition coefficient (Wildman–Crippen LogP) is 2.47. The van der Waals surface area contributed by atoms with Crippen molar-refractivity contribution >= 4 is 21.4 Å².